The van der Waals surface area contributed by atoms with E-state index in [0.29, 0.717) is 18.6 Å². The molecule has 1 aliphatic rings. The molecule has 0 saturated carbocycles. The first-order valence-electron chi connectivity index (χ1n) is 7.34. The molecule has 0 atom stereocenters. The molecule has 0 fully saturated rings. The molecule has 4 heteroatoms. The van der Waals surface area contributed by atoms with Crippen molar-refractivity contribution in [3.8, 4) is 6.07 Å². The lowest BCUT2D eigenvalue weighted by atomic mass is 10.00. The topological polar surface area (TPSA) is 58.8 Å². The molecule has 3 rings (SSSR count). The highest BCUT2D eigenvalue weighted by Crippen LogP contribution is 2.23. The van der Waals surface area contributed by atoms with E-state index in [0.717, 1.165) is 30.1 Å². The summed E-state index contributed by atoms with van der Waals surface area (Å²) in [7, 11) is 0. The molecule has 0 aliphatic carbocycles. The van der Waals surface area contributed by atoms with E-state index in [9.17, 15) is 0 Å². The Morgan fingerprint density at radius 2 is 2.18 bits per heavy atom. The normalized spacial score (nSPS) is 14.3. The third kappa shape index (κ3) is 3.38. The lowest BCUT2D eigenvalue weighted by Crippen LogP contribution is -2.05. The molecule has 22 heavy (non-hydrogen) atoms. The standard InChI is InChI=1S/C18H17N3O/c1-13-8-16(15-3-6-22-7-4-15)10-18(21-13)11-17-9-14(12-19)2-5-20-17/h2-3,5,8-10H,4,6-7,11H2,1H3. The van der Waals surface area contributed by atoms with Crippen LogP contribution in [0.3, 0.4) is 0 Å². The molecule has 0 N–H and O–H groups in total. The van der Waals surface area contributed by atoms with E-state index in [1.165, 1.54) is 11.1 Å². The van der Waals surface area contributed by atoms with Crippen molar-refractivity contribution in [2.75, 3.05) is 13.2 Å². The van der Waals surface area contributed by atoms with Crippen LogP contribution in [-0.2, 0) is 11.2 Å². The lowest BCUT2D eigenvalue weighted by molar-refractivity contribution is 0.161. The zero-order valence-corrected chi connectivity index (χ0v) is 12.5. The van der Waals surface area contributed by atoms with Gasteiger partial charge in [-0.15, -0.1) is 0 Å². The van der Waals surface area contributed by atoms with Crippen LogP contribution in [0.4, 0.5) is 0 Å². The van der Waals surface area contributed by atoms with Crippen LogP contribution in [0.1, 0.15) is 34.6 Å². The smallest absolute Gasteiger partial charge is 0.0992 e. The Morgan fingerprint density at radius 3 is 2.95 bits per heavy atom. The summed E-state index contributed by atoms with van der Waals surface area (Å²) in [5, 5.41) is 8.97. The maximum absolute atomic E-state index is 8.97. The number of hydrogen-bond acceptors (Lipinski definition) is 4. The second-order valence-corrected chi connectivity index (χ2v) is 5.37. The summed E-state index contributed by atoms with van der Waals surface area (Å²) in [6.07, 6.45) is 5.38. The molecule has 0 spiro atoms. The van der Waals surface area contributed by atoms with Crippen LogP contribution in [-0.4, -0.2) is 23.2 Å². The quantitative estimate of drug-likeness (QED) is 0.872. The molecule has 2 aromatic heterocycles. The van der Waals surface area contributed by atoms with E-state index in [2.05, 4.69) is 34.2 Å². The van der Waals surface area contributed by atoms with E-state index < -0.39 is 0 Å². The average molecular weight is 291 g/mol. The van der Waals surface area contributed by atoms with Crippen LogP contribution < -0.4 is 0 Å². The van der Waals surface area contributed by atoms with Gasteiger partial charge in [0, 0.05) is 29.7 Å². The second kappa shape index (κ2) is 6.50. The highest BCUT2D eigenvalue weighted by molar-refractivity contribution is 5.66. The summed E-state index contributed by atoms with van der Waals surface area (Å²) in [6, 6.07) is 9.90. The molecule has 0 bridgehead atoms. The Hall–Kier alpha value is -2.51. The first-order chi connectivity index (χ1) is 10.7. The number of rotatable bonds is 3. The lowest BCUT2D eigenvalue weighted by Gasteiger charge is -2.15. The Kier molecular flexibility index (Phi) is 4.27. The van der Waals surface area contributed by atoms with Crippen molar-refractivity contribution in [2.24, 2.45) is 0 Å². The van der Waals surface area contributed by atoms with E-state index in [-0.39, 0.29) is 0 Å². The van der Waals surface area contributed by atoms with Crippen molar-refractivity contribution < 1.29 is 4.74 Å². The zero-order chi connectivity index (χ0) is 15.4. The van der Waals surface area contributed by atoms with Gasteiger partial charge in [-0.3, -0.25) is 9.97 Å². The van der Waals surface area contributed by atoms with Crippen molar-refractivity contribution in [2.45, 2.75) is 19.8 Å². The molecule has 4 nitrogen and oxygen atoms in total. The average Bonchev–Trinajstić information content (AvgIpc) is 2.55. The van der Waals surface area contributed by atoms with Gasteiger partial charge in [0.15, 0.2) is 0 Å². The number of pyridine rings is 2. The van der Waals surface area contributed by atoms with Crippen LogP contribution in [0.15, 0.2) is 36.5 Å². The highest BCUT2D eigenvalue weighted by Gasteiger charge is 2.10. The molecular formula is C18H17N3O. The first kappa shape index (κ1) is 14.4. The molecule has 0 unspecified atom stereocenters. The minimum Gasteiger partial charge on any atom is -0.377 e. The van der Waals surface area contributed by atoms with Crippen LogP contribution in [0, 0.1) is 18.3 Å². The zero-order valence-electron chi connectivity index (χ0n) is 12.5. The fourth-order valence-corrected chi connectivity index (χ4v) is 2.63. The summed E-state index contributed by atoms with van der Waals surface area (Å²) in [6.45, 7) is 3.46. The summed E-state index contributed by atoms with van der Waals surface area (Å²) in [5.41, 5.74) is 5.99. The van der Waals surface area contributed by atoms with Crippen LogP contribution in [0.5, 0.6) is 0 Å². The van der Waals surface area contributed by atoms with Crippen molar-refractivity contribution in [3.05, 3.63) is 64.7 Å². The van der Waals surface area contributed by atoms with Gasteiger partial charge in [0.1, 0.15) is 0 Å². The number of ether oxygens (including phenoxy) is 1. The minimum absolute atomic E-state index is 0.630. The predicted octanol–water partition coefficient (Wildman–Crippen LogP) is 3.05. The van der Waals surface area contributed by atoms with Gasteiger partial charge in [-0.05, 0) is 48.7 Å². The van der Waals surface area contributed by atoms with Gasteiger partial charge in [0.2, 0.25) is 0 Å². The van der Waals surface area contributed by atoms with E-state index in [1.54, 1.807) is 12.3 Å². The Labute approximate surface area is 130 Å². The van der Waals surface area contributed by atoms with E-state index in [1.807, 2.05) is 13.0 Å². The van der Waals surface area contributed by atoms with Crippen LogP contribution in [0.25, 0.3) is 5.57 Å². The molecule has 3 heterocycles. The van der Waals surface area contributed by atoms with Crippen molar-refractivity contribution >= 4 is 5.57 Å². The van der Waals surface area contributed by atoms with Gasteiger partial charge >= 0.3 is 0 Å². The summed E-state index contributed by atoms with van der Waals surface area (Å²) >= 11 is 0. The van der Waals surface area contributed by atoms with E-state index in [4.69, 9.17) is 10.00 Å². The van der Waals surface area contributed by atoms with Gasteiger partial charge in [0.05, 0.1) is 24.8 Å². The van der Waals surface area contributed by atoms with Gasteiger partial charge < -0.3 is 4.74 Å². The molecule has 0 amide bonds. The number of hydrogen-bond donors (Lipinski definition) is 0. The number of nitriles is 1. The highest BCUT2D eigenvalue weighted by atomic mass is 16.5. The summed E-state index contributed by atoms with van der Waals surface area (Å²) in [4.78, 5) is 8.93. The maximum Gasteiger partial charge on any atom is 0.0992 e. The van der Waals surface area contributed by atoms with Crippen LogP contribution in [0.2, 0.25) is 0 Å². The summed E-state index contributed by atoms with van der Waals surface area (Å²) < 4.78 is 5.37. The Balaban J connectivity index is 1.89. The molecule has 0 saturated heterocycles. The SMILES string of the molecule is Cc1cc(C2=CCOCC2)cc(Cc2cc(C#N)ccn2)n1. The largest absolute Gasteiger partial charge is 0.377 e. The van der Waals surface area contributed by atoms with E-state index >= 15 is 0 Å². The molecule has 0 radical (unpaired) electrons. The third-order valence-electron chi connectivity index (χ3n) is 3.65. The van der Waals surface area contributed by atoms with Crippen molar-refractivity contribution in [1.82, 2.24) is 9.97 Å². The fraction of sp³-hybridized carbons (Fsp3) is 0.278. The summed E-state index contributed by atoms with van der Waals surface area (Å²) in [5.74, 6) is 0. The first-order valence-corrected chi connectivity index (χ1v) is 7.34. The predicted molar refractivity (Wildman–Crippen MR) is 84.1 cm³/mol. The van der Waals surface area contributed by atoms with Gasteiger partial charge in [-0.1, -0.05) is 6.08 Å². The maximum atomic E-state index is 8.97. The van der Waals surface area contributed by atoms with Crippen molar-refractivity contribution in [1.29, 1.82) is 5.26 Å². The molecule has 2 aromatic rings. The molecule has 1 aliphatic heterocycles. The Morgan fingerprint density at radius 1 is 1.27 bits per heavy atom. The number of nitrogens with zero attached hydrogens (tertiary/aromatic N) is 3. The van der Waals surface area contributed by atoms with Crippen molar-refractivity contribution in [3.63, 3.8) is 0 Å². The fourth-order valence-electron chi connectivity index (χ4n) is 2.63. The van der Waals surface area contributed by atoms with Gasteiger partial charge in [-0.2, -0.15) is 5.26 Å². The molecular weight excluding hydrogens is 274 g/mol. The third-order valence-corrected chi connectivity index (χ3v) is 3.65. The number of aryl methyl sites for hydroxylation is 1. The second-order valence-electron chi connectivity index (χ2n) is 5.37. The van der Waals surface area contributed by atoms with Crippen LogP contribution >= 0.6 is 0 Å². The Bertz CT molecular complexity index is 759. The monoisotopic (exact) mass is 291 g/mol. The minimum atomic E-state index is 0.630. The van der Waals surface area contributed by atoms with Gasteiger partial charge in [-0.25, -0.2) is 0 Å². The van der Waals surface area contributed by atoms with Gasteiger partial charge in [0.25, 0.3) is 0 Å². The molecule has 110 valence electrons. The molecule has 0 aromatic carbocycles. The number of aromatic nitrogens is 2.